The molecule has 2 aliphatic heterocycles. The Morgan fingerprint density at radius 3 is 2.55 bits per heavy atom. The van der Waals surface area contributed by atoms with Crippen LogP contribution in [0.5, 0.6) is 5.75 Å². The van der Waals surface area contributed by atoms with Gasteiger partial charge < -0.3 is 35.2 Å². The molecule has 3 aromatic carbocycles. The van der Waals surface area contributed by atoms with Crippen molar-refractivity contribution in [2.75, 3.05) is 43.9 Å². The number of likely N-dealkylation sites (tertiary alicyclic amines) is 1. The molecular formula is C40H42ClN5O7. The van der Waals surface area contributed by atoms with Gasteiger partial charge >= 0.3 is 6.09 Å². The normalized spacial score (nSPS) is 17.9. The van der Waals surface area contributed by atoms with Crippen LogP contribution in [0.3, 0.4) is 0 Å². The molecule has 0 aromatic heterocycles. The third-order valence-corrected chi connectivity index (χ3v) is 9.72. The highest BCUT2D eigenvalue weighted by Crippen LogP contribution is 2.32. The summed E-state index contributed by atoms with van der Waals surface area (Å²) < 4.78 is 11.3. The van der Waals surface area contributed by atoms with Gasteiger partial charge in [0.1, 0.15) is 17.6 Å². The SMILES string of the molecule is COc1cc(NC(=O)CCN2CCC(OC(=O)Nc3ccccc3-c3ccccc3)CC2)c(Cl)cc1CNC[C@H](O)C1=CC=C(O)C2=NC(=O)C=CC12. The number of halogens is 1. The molecule has 3 amide bonds. The van der Waals surface area contributed by atoms with Crippen LogP contribution < -0.4 is 20.7 Å². The van der Waals surface area contributed by atoms with E-state index in [0.29, 0.717) is 66.7 Å². The molecule has 2 atom stereocenters. The number of fused-ring (bicyclic) bond motifs is 1. The van der Waals surface area contributed by atoms with Crippen LogP contribution in [0, 0.1) is 5.92 Å². The van der Waals surface area contributed by atoms with Gasteiger partial charge in [-0.1, -0.05) is 72.3 Å². The maximum Gasteiger partial charge on any atom is 0.411 e. The fourth-order valence-electron chi connectivity index (χ4n) is 6.62. The van der Waals surface area contributed by atoms with Crippen LogP contribution in [-0.2, 0) is 20.9 Å². The van der Waals surface area contributed by atoms with Crippen molar-refractivity contribution in [3.8, 4) is 16.9 Å². The first-order valence-corrected chi connectivity index (χ1v) is 17.9. The Balaban J connectivity index is 0.931. The molecule has 1 fully saturated rings. The van der Waals surface area contributed by atoms with E-state index in [9.17, 15) is 24.6 Å². The number of dihydropyridines is 1. The van der Waals surface area contributed by atoms with E-state index in [2.05, 4.69) is 25.8 Å². The number of ether oxygens (including phenoxy) is 2. The van der Waals surface area contributed by atoms with Gasteiger partial charge in [-0.25, -0.2) is 9.79 Å². The molecule has 13 heteroatoms. The predicted octanol–water partition coefficient (Wildman–Crippen LogP) is 6.04. The number of anilines is 2. The van der Waals surface area contributed by atoms with Crippen LogP contribution in [0.2, 0.25) is 5.02 Å². The lowest BCUT2D eigenvalue weighted by molar-refractivity contribution is -0.116. The molecule has 276 valence electrons. The van der Waals surface area contributed by atoms with E-state index in [1.165, 1.54) is 19.3 Å². The fourth-order valence-corrected chi connectivity index (χ4v) is 6.85. The van der Waals surface area contributed by atoms with E-state index >= 15 is 0 Å². The number of allylic oxidation sites excluding steroid dienone is 4. The number of aliphatic imine (C=N–C) groups is 1. The van der Waals surface area contributed by atoms with E-state index < -0.39 is 24.0 Å². The third-order valence-electron chi connectivity index (χ3n) is 9.41. The number of carbonyl (C=O) groups is 3. The van der Waals surface area contributed by atoms with Gasteiger partial charge in [0.05, 0.1) is 35.3 Å². The largest absolute Gasteiger partial charge is 0.506 e. The first-order valence-electron chi connectivity index (χ1n) is 17.5. The monoisotopic (exact) mass is 739 g/mol. The Kier molecular flexibility index (Phi) is 12.4. The second-order valence-corrected chi connectivity index (χ2v) is 13.4. The summed E-state index contributed by atoms with van der Waals surface area (Å²) in [6.45, 7) is 2.41. The molecule has 0 radical (unpaired) electrons. The molecule has 3 aliphatic rings. The smallest absolute Gasteiger partial charge is 0.411 e. The molecule has 0 saturated carbocycles. The molecule has 6 rings (SSSR count). The molecule has 1 saturated heterocycles. The van der Waals surface area contributed by atoms with Gasteiger partial charge in [0, 0.05) is 68.3 Å². The van der Waals surface area contributed by atoms with Crippen LogP contribution in [0.4, 0.5) is 16.2 Å². The molecule has 0 spiro atoms. The minimum absolute atomic E-state index is 0.0986. The minimum atomic E-state index is -0.918. The van der Waals surface area contributed by atoms with Crippen LogP contribution >= 0.6 is 11.6 Å². The summed E-state index contributed by atoms with van der Waals surface area (Å²) in [5.41, 5.74) is 4.58. The fraction of sp³-hybridized carbons (Fsp3) is 0.300. The molecule has 12 nitrogen and oxygen atoms in total. The van der Waals surface area contributed by atoms with Crippen molar-refractivity contribution in [3.05, 3.63) is 113 Å². The Hall–Kier alpha value is -5.27. The molecular weight excluding hydrogens is 698 g/mol. The van der Waals surface area contributed by atoms with Crippen molar-refractivity contribution in [1.82, 2.24) is 10.2 Å². The average Bonchev–Trinajstić information content (AvgIpc) is 3.16. The molecule has 1 unspecified atom stereocenters. The van der Waals surface area contributed by atoms with Crippen molar-refractivity contribution < 1.29 is 34.1 Å². The van der Waals surface area contributed by atoms with Gasteiger partial charge in [-0.15, -0.1) is 0 Å². The molecule has 1 aliphatic carbocycles. The highest BCUT2D eigenvalue weighted by molar-refractivity contribution is 6.33. The van der Waals surface area contributed by atoms with Gasteiger partial charge in [0.15, 0.2) is 0 Å². The summed E-state index contributed by atoms with van der Waals surface area (Å²) in [7, 11) is 1.52. The van der Waals surface area contributed by atoms with E-state index in [-0.39, 0.29) is 36.4 Å². The first kappa shape index (κ1) is 37.5. The molecule has 2 heterocycles. The van der Waals surface area contributed by atoms with Crippen molar-refractivity contribution >= 4 is 46.6 Å². The second kappa shape index (κ2) is 17.5. The van der Waals surface area contributed by atoms with Gasteiger partial charge in [-0.2, -0.15) is 0 Å². The topological polar surface area (TPSA) is 162 Å². The number of methoxy groups -OCH3 is 1. The summed E-state index contributed by atoms with van der Waals surface area (Å²) in [5, 5.41) is 30.4. The Bertz CT molecular complexity index is 1950. The minimum Gasteiger partial charge on any atom is -0.506 e. The summed E-state index contributed by atoms with van der Waals surface area (Å²) in [4.78, 5) is 43.4. The van der Waals surface area contributed by atoms with Crippen molar-refractivity contribution in [2.24, 2.45) is 10.9 Å². The maximum atomic E-state index is 12.9. The van der Waals surface area contributed by atoms with Crippen molar-refractivity contribution in [1.29, 1.82) is 0 Å². The number of carbonyl (C=O) groups excluding carboxylic acids is 3. The van der Waals surface area contributed by atoms with Gasteiger partial charge in [0.2, 0.25) is 5.91 Å². The second-order valence-electron chi connectivity index (χ2n) is 13.0. The number of rotatable bonds is 13. The quantitative estimate of drug-likeness (QED) is 0.141. The molecule has 3 aromatic rings. The standard InChI is InChI=1S/C40H42ClN5O7/c1-52-36-22-33(31(41)21-26(36)23-42-24-35(48)29-11-13-34(47)39-30(29)12-14-37(49)45-39)43-38(50)17-20-46-18-15-27(16-19-46)53-40(51)44-32-10-6-5-9-28(32)25-7-3-2-4-8-25/h2-14,21-22,27,30,35,42,47-48H,15-20,23-24H2,1H3,(H,43,50)(H,44,51)/t30?,35-/m0/s1. The maximum absolute atomic E-state index is 12.9. The highest BCUT2D eigenvalue weighted by atomic mass is 35.5. The Morgan fingerprint density at radius 1 is 1.02 bits per heavy atom. The number of aliphatic hydroxyl groups is 2. The van der Waals surface area contributed by atoms with Gasteiger partial charge in [0.25, 0.3) is 5.91 Å². The lowest BCUT2D eigenvalue weighted by Gasteiger charge is -2.31. The number of para-hydroxylation sites is 1. The van der Waals surface area contributed by atoms with Crippen LogP contribution in [0.25, 0.3) is 11.1 Å². The summed E-state index contributed by atoms with van der Waals surface area (Å²) in [6, 6.07) is 20.8. The number of amides is 3. The van der Waals surface area contributed by atoms with E-state index in [0.717, 1.165) is 16.7 Å². The average molecular weight is 740 g/mol. The lowest BCUT2D eigenvalue weighted by Crippen LogP contribution is -2.39. The molecule has 0 bridgehead atoms. The summed E-state index contributed by atoms with van der Waals surface area (Å²) >= 11 is 6.57. The van der Waals surface area contributed by atoms with Crippen LogP contribution in [0.1, 0.15) is 24.8 Å². The number of nitrogens with one attached hydrogen (secondary N) is 3. The first-order chi connectivity index (χ1) is 25.7. The summed E-state index contributed by atoms with van der Waals surface area (Å²) in [5.74, 6) is -0.732. The summed E-state index contributed by atoms with van der Waals surface area (Å²) in [6.07, 6.45) is 5.95. The number of benzene rings is 3. The highest BCUT2D eigenvalue weighted by Gasteiger charge is 2.31. The zero-order chi connectivity index (χ0) is 37.3. The Morgan fingerprint density at radius 2 is 1.77 bits per heavy atom. The molecule has 53 heavy (non-hydrogen) atoms. The number of nitrogens with zero attached hydrogens (tertiary/aromatic N) is 2. The van der Waals surface area contributed by atoms with Crippen molar-refractivity contribution in [3.63, 3.8) is 0 Å². The number of aliphatic hydroxyl groups excluding tert-OH is 2. The van der Waals surface area contributed by atoms with Crippen molar-refractivity contribution in [2.45, 2.75) is 38.0 Å². The van der Waals surface area contributed by atoms with Crippen LogP contribution in [-0.4, -0.2) is 84.2 Å². The lowest BCUT2D eigenvalue weighted by atomic mass is 9.84. The third kappa shape index (κ3) is 9.59. The Labute approximate surface area is 312 Å². The van der Waals surface area contributed by atoms with Gasteiger partial charge in [-0.3, -0.25) is 14.9 Å². The number of piperidine rings is 1. The number of hydrogen-bond acceptors (Lipinski definition) is 9. The molecule has 5 N–H and O–H groups in total. The zero-order valence-corrected chi connectivity index (χ0v) is 30.0. The van der Waals surface area contributed by atoms with E-state index in [1.807, 2.05) is 54.6 Å². The van der Waals surface area contributed by atoms with E-state index in [1.54, 1.807) is 24.3 Å². The van der Waals surface area contributed by atoms with Crippen LogP contribution in [0.15, 0.2) is 107 Å². The number of hydrogen-bond donors (Lipinski definition) is 5. The predicted molar refractivity (Wildman–Crippen MR) is 204 cm³/mol. The zero-order valence-electron chi connectivity index (χ0n) is 29.3. The van der Waals surface area contributed by atoms with E-state index in [4.69, 9.17) is 21.1 Å². The van der Waals surface area contributed by atoms with Gasteiger partial charge in [-0.05, 0) is 42.2 Å².